The van der Waals surface area contributed by atoms with E-state index in [1.165, 1.54) is 24.3 Å². The summed E-state index contributed by atoms with van der Waals surface area (Å²) in [6, 6.07) is 8.20. The third-order valence-electron chi connectivity index (χ3n) is 6.95. The summed E-state index contributed by atoms with van der Waals surface area (Å²) in [5.74, 6) is -1.55. The molecular weight excluding hydrogens is 494 g/mol. The Balaban J connectivity index is 1.41. The molecule has 2 aliphatic carbocycles. The number of hydrazone groups is 1. The maximum Gasteiger partial charge on any atom is 0.343 e. The first-order valence-corrected chi connectivity index (χ1v) is 12.3. The van der Waals surface area contributed by atoms with Crippen LogP contribution in [0.5, 0.6) is 17.2 Å². The van der Waals surface area contributed by atoms with Crippen molar-refractivity contribution in [2.75, 3.05) is 13.2 Å². The molecule has 11 nitrogen and oxygen atoms in total. The molecule has 1 saturated carbocycles. The quantitative estimate of drug-likeness (QED) is 0.0929. The number of imide groups is 1. The summed E-state index contributed by atoms with van der Waals surface area (Å²) in [4.78, 5) is 49.6. The van der Waals surface area contributed by atoms with Gasteiger partial charge in [-0.05, 0) is 56.4 Å². The van der Waals surface area contributed by atoms with Crippen molar-refractivity contribution in [1.29, 1.82) is 0 Å². The largest absolute Gasteiger partial charge is 0.490 e. The Morgan fingerprint density at radius 1 is 1.00 bits per heavy atom. The van der Waals surface area contributed by atoms with Crippen LogP contribution in [-0.4, -0.2) is 47.1 Å². The average Bonchev–Trinajstić information content (AvgIpc) is 3.58. The number of hydrogen-bond donors (Lipinski definition) is 0. The number of carbonyl (C=O) groups excluding carboxylic acids is 3. The van der Waals surface area contributed by atoms with Gasteiger partial charge in [-0.3, -0.25) is 19.7 Å². The van der Waals surface area contributed by atoms with Crippen LogP contribution in [0.2, 0.25) is 0 Å². The summed E-state index contributed by atoms with van der Waals surface area (Å²) in [6.45, 7) is 4.39. The number of hydrogen-bond acceptors (Lipinski definition) is 9. The van der Waals surface area contributed by atoms with Gasteiger partial charge in [-0.2, -0.15) is 10.1 Å². The Morgan fingerprint density at radius 3 is 2.26 bits per heavy atom. The van der Waals surface area contributed by atoms with E-state index >= 15 is 0 Å². The van der Waals surface area contributed by atoms with Gasteiger partial charge in [0.2, 0.25) is 0 Å². The van der Waals surface area contributed by atoms with Gasteiger partial charge in [0.15, 0.2) is 11.5 Å². The molecular formula is C27H25N3O8. The predicted molar refractivity (Wildman–Crippen MR) is 134 cm³/mol. The fourth-order valence-electron chi connectivity index (χ4n) is 5.30. The number of nitro benzene ring substituents is 1. The smallest absolute Gasteiger partial charge is 0.343 e. The first-order valence-electron chi connectivity index (χ1n) is 12.3. The monoisotopic (exact) mass is 519 g/mol. The molecule has 2 aromatic rings. The molecule has 2 bridgehead atoms. The predicted octanol–water partition coefficient (Wildman–Crippen LogP) is 3.75. The van der Waals surface area contributed by atoms with Crippen molar-refractivity contribution in [1.82, 2.24) is 5.01 Å². The summed E-state index contributed by atoms with van der Waals surface area (Å²) in [6.07, 6.45) is 5.86. The molecule has 0 N–H and O–H groups in total. The molecule has 0 spiro atoms. The van der Waals surface area contributed by atoms with Gasteiger partial charge in [-0.25, -0.2) is 4.79 Å². The number of allylic oxidation sites excluding steroid dienone is 2. The van der Waals surface area contributed by atoms with Crippen LogP contribution in [0.15, 0.2) is 53.7 Å². The fraction of sp³-hybridized carbons (Fsp3) is 0.333. The minimum Gasteiger partial charge on any atom is -0.490 e. The van der Waals surface area contributed by atoms with Crippen LogP contribution in [0.25, 0.3) is 0 Å². The number of nitrogens with zero attached hydrogens (tertiary/aromatic N) is 3. The van der Waals surface area contributed by atoms with Gasteiger partial charge in [0, 0.05) is 17.7 Å². The lowest BCUT2D eigenvalue weighted by Crippen LogP contribution is -2.28. The standard InChI is InChI=1S/C27H25N3O8/c1-3-36-21-9-7-17(13-22(21)37-4-2)27(33)38-20-10-8-19(30(34)35)12-18(20)14-28-29-25(31)23-15-5-6-16(11-15)24(23)26(29)32/h5-10,12-16,23-24H,3-4,11H2,1-2H3/t15-,16-,23-,24+/m0/s1. The van der Waals surface area contributed by atoms with E-state index in [9.17, 15) is 24.5 Å². The van der Waals surface area contributed by atoms with E-state index in [4.69, 9.17) is 14.2 Å². The highest BCUT2D eigenvalue weighted by Gasteiger charge is 2.59. The van der Waals surface area contributed by atoms with Crippen LogP contribution in [0.1, 0.15) is 36.2 Å². The highest BCUT2D eigenvalue weighted by molar-refractivity contribution is 6.07. The highest BCUT2D eigenvalue weighted by atomic mass is 16.6. The lowest BCUT2D eigenvalue weighted by atomic mass is 9.85. The summed E-state index contributed by atoms with van der Waals surface area (Å²) >= 11 is 0. The van der Waals surface area contributed by atoms with Crippen LogP contribution in [0.3, 0.4) is 0 Å². The molecule has 2 fully saturated rings. The second kappa shape index (κ2) is 10.1. The van der Waals surface area contributed by atoms with Crippen LogP contribution >= 0.6 is 0 Å². The van der Waals surface area contributed by atoms with Gasteiger partial charge < -0.3 is 14.2 Å². The Labute approximate surface area is 217 Å². The van der Waals surface area contributed by atoms with Gasteiger partial charge in [-0.15, -0.1) is 0 Å². The van der Waals surface area contributed by atoms with Crippen molar-refractivity contribution in [2.24, 2.45) is 28.8 Å². The Morgan fingerprint density at radius 2 is 1.63 bits per heavy atom. The minimum atomic E-state index is -0.747. The van der Waals surface area contributed by atoms with E-state index in [1.54, 1.807) is 13.0 Å². The maximum atomic E-state index is 13.0. The molecule has 38 heavy (non-hydrogen) atoms. The molecule has 0 aromatic heterocycles. The number of ether oxygens (including phenoxy) is 3. The van der Waals surface area contributed by atoms with Crippen LogP contribution in [0, 0.1) is 33.8 Å². The normalized spacial score (nSPS) is 23.3. The van der Waals surface area contributed by atoms with Gasteiger partial charge in [0.25, 0.3) is 17.5 Å². The Kier molecular flexibility index (Phi) is 6.66. The number of non-ortho nitro benzene ring substituents is 1. The number of rotatable bonds is 9. The number of amides is 2. The van der Waals surface area contributed by atoms with Crippen LogP contribution in [-0.2, 0) is 9.59 Å². The fourth-order valence-corrected chi connectivity index (χ4v) is 5.30. The number of benzene rings is 2. The van der Waals surface area contributed by atoms with Crippen molar-refractivity contribution in [3.05, 3.63) is 69.8 Å². The van der Waals surface area contributed by atoms with Crippen molar-refractivity contribution in [3.63, 3.8) is 0 Å². The first kappa shape index (κ1) is 25.1. The molecule has 1 saturated heterocycles. The Hall–Kier alpha value is -4.54. The molecule has 3 aliphatic rings. The zero-order chi connectivity index (χ0) is 27.0. The summed E-state index contributed by atoms with van der Waals surface area (Å²) < 4.78 is 16.6. The molecule has 2 aromatic carbocycles. The Bertz CT molecular complexity index is 1350. The third kappa shape index (κ3) is 4.40. The van der Waals surface area contributed by atoms with Gasteiger partial charge >= 0.3 is 5.97 Å². The van der Waals surface area contributed by atoms with Crippen molar-refractivity contribution in [3.8, 4) is 17.2 Å². The molecule has 5 rings (SSSR count). The summed E-state index contributed by atoms with van der Waals surface area (Å²) in [5.41, 5.74) is -0.0507. The first-order chi connectivity index (χ1) is 18.3. The average molecular weight is 520 g/mol. The third-order valence-corrected chi connectivity index (χ3v) is 6.95. The number of nitro groups is 1. The topological polar surface area (TPSA) is 138 Å². The van der Waals surface area contributed by atoms with E-state index in [1.807, 2.05) is 19.1 Å². The zero-order valence-electron chi connectivity index (χ0n) is 20.7. The number of carbonyl (C=O) groups is 3. The van der Waals surface area contributed by atoms with Crippen molar-refractivity contribution >= 4 is 29.7 Å². The zero-order valence-corrected chi connectivity index (χ0v) is 20.7. The number of fused-ring (bicyclic) bond motifs is 5. The van der Waals surface area contributed by atoms with E-state index < -0.39 is 34.5 Å². The second-order valence-corrected chi connectivity index (χ2v) is 9.13. The minimum absolute atomic E-state index is 0.0201. The van der Waals surface area contributed by atoms with Gasteiger partial charge in [0.05, 0.1) is 41.8 Å². The lowest BCUT2D eigenvalue weighted by molar-refractivity contribution is -0.384. The van der Waals surface area contributed by atoms with E-state index in [2.05, 4.69) is 5.10 Å². The summed E-state index contributed by atoms with van der Waals surface area (Å²) in [7, 11) is 0. The highest BCUT2D eigenvalue weighted by Crippen LogP contribution is 2.52. The second-order valence-electron chi connectivity index (χ2n) is 9.13. The van der Waals surface area contributed by atoms with Crippen molar-refractivity contribution < 1.29 is 33.5 Å². The SMILES string of the molecule is CCOc1ccc(C(=O)Oc2ccc([N+](=O)[O-])cc2C=NN2C(=O)[C@@H]3[C@H](C2=O)[C@H]2C=C[C@H]3C2)cc1OCC. The van der Waals surface area contributed by atoms with Crippen molar-refractivity contribution in [2.45, 2.75) is 20.3 Å². The lowest BCUT2D eigenvalue weighted by Gasteiger charge is -2.13. The van der Waals surface area contributed by atoms with Gasteiger partial charge in [0.1, 0.15) is 5.75 Å². The van der Waals surface area contributed by atoms with Gasteiger partial charge in [-0.1, -0.05) is 12.2 Å². The molecule has 1 heterocycles. The number of esters is 1. The molecule has 2 amide bonds. The van der Waals surface area contributed by atoms with E-state index in [0.29, 0.717) is 24.7 Å². The molecule has 0 radical (unpaired) electrons. The molecule has 11 heteroatoms. The molecule has 4 atom stereocenters. The molecule has 0 unspecified atom stereocenters. The van der Waals surface area contributed by atoms with E-state index in [0.717, 1.165) is 23.7 Å². The van der Waals surface area contributed by atoms with E-state index in [-0.39, 0.29) is 34.4 Å². The molecule has 1 aliphatic heterocycles. The van der Waals surface area contributed by atoms with Crippen LogP contribution < -0.4 is 14.2 Å². The summed E-state index contributed by atoms with van der Waals surface area (Å²) in [5, 5.41) is 16.3. The maximum absolute atomic E-state index is 13.0. The molecule has 196 valence electrons. The van der Waals surface area contributed by atoms with Crippen LogP contribution in [0.4, 0.5) is 5.69 Å².